The van der Waals surface area contributed by atoms with E-state index in [1.807, 2.05) is 0 Å². The Bertz CT molecular complexity index is 1470. The van der Waals surface area contributed by atoms with E-state index in [1.54, 1.807) is 66.7 Å². The molecule has 1 amide bonds. The van der Waals surface area contributed by atoms with Crippen molar-refractivity contribution in [2.75, 3.05) is 19.5 Å². The van der Waals surface area contributed by atoms with Crippen molar-refractivity contribution in [2.24, 2.45) is 0 Å². The Morgan fingerprint density at radius 3 is 2.29 bits per heavy atom. The van der Waals surface area contributed by atoms with Gasteiger partial charge in [0.15, 0.2) is 0 Å². The van der Waals surface area contributed by atoms with Crippen molar-refractivity contribution in [1.29, 1.82) is 0 Å². The largest absolute Gasteiger partial charge is 0.497 e. The second-order valence-corrected chi connectivity index (χ2v) is 7.99. The van der Waals surface area contributed by atoms with Crippen LogP contribution in [-0.2, 0) is 17.9 Å². The Morgan fingerprint density at radius 2 is 1.62 bits per heavy atom. The Labute approximate surface area is 199 Å². The standard InChI is InChI=1S/C25H22ClN3O5/c1-33-19-11-18(12-20(13-19)34-2)27-23(30)15-28-22-9-4-3-8-21(22)24(31)29(25(28)32)14-16-6-5-7-17(26)10-16/h3-13H,14-15H2,1-2H3,(H,27,30). The number of aromatic nitrogens is 2. The molecule has 3 aromatic carbocycles. The van der Waals surface area contributed by atoms with Gasteiger partial charge in [-0.05, 0) is 29.8 Å². The van der Waals surface area contributed by atoms with Gasteiger partial charge in [-0.2, -0.15) is 0 Å². The van der Waals surface area contributed by atoms with E-state index < -0.39 is 17.2 Å². The molecule has 9 heteroatoms. The van der Waals surface area contributed by atoms with Crippen molar-refractivity contribution >= 4 is 34.1 Å². The first-order valence-electron chi connectivity index (χ1n) is 10.4. The van der Waals surface area contributed by atoms with E-state index in [-0.39, 0.29) is 13.1 Å². The van der Waals surface area contributed by atoms with Crippen LogP contribution in [0.15, 0.2) is 76.3 Å². The number of amides is 1. The second kappa shape index (κ2) is 9.84. The van der Waals surface area contributed by atoms with Gasteiger partial charge in [-0.1, -0.05) is 35.9 Å². The normalized spacial score (nSPS) is 10.8. The molecule has 0 saturated carbocycles. The molecule has 0 aliphatic rings. The van der Waals surface area contributed by atoms with Crippen molar-refractivity contribution in [3.8, 4) is 11.5 Å². The lowest BCUT2D eigenvalue weighted by Crippen LogP contribution is -2.42. The lowest BCUT2D eigenvalue weighted by Gasteiger charge is -2.15. The molecule has 4 aromatic rings. The molecule has 0 aliphatic heterocycles. The Balaban J connectivity index is 1.73. The summed E-state index contributed by atoms with van der Waals surface area (Å²) in [5.41, 5.74) is 0.488. The zero-order chi connectivity index (χ0) is 24.2. The predicted octanol–water partition coefficient (Wildman–Crippen LogP) is 3.52. The fourth-order valence-electron chi connectivity index (χ4n) is 3.70. The van der Waals surface area contributed by atoms with Crippen molar-refractivity contribution < 1.29 is 14.3 Å². The molecule has 0 aliphatic carbocycles. The van der Waals surface area contributed by atoms with E-state index >= 15 is 0 Å². The number of halogens is 1. The van der Waals surface area contributed by atoms with Crippen LogP contribution in [0.2, 0.25) is 5.02 Å². The van der Waals surface area contributed by atoms with Crippen molar-refractivity contribution in [3.63, 3.8) is 0 Å². The molecular weight excluding hydrogens is 458 g/mol. The molecule has 1 heterocycles. The Kier molecular flexibility index (Phi) is 6.70. The molecule has 4 rings (SSSR count). The first-order valence-corrected chi connectivity index (χ1v) is 10.8. The molecule has 0 atom stereocenters. The van der Waals surface area contributed by atoms with Crippen LogP contribution in [-0.4, -0.2) is 29.3 Å². The number of ether oxygens (including phenoxy) is 2. The van der Waals surface area contributed by atoms with Crippen molar-refractivity contribution in [1.82, 2.24) is 9.13 Å². The smallest absolute Gasteiger partial charge is 0.332 e. The summed E-state index contributed by atoms with van der Waals surface area (Å²) in [5.74, 6) is 0.565. The maximum atomic E-state index is 13.4. The van der Waals surface area contributed by atoms with Gasteiger partial charge >= 0.3 is 5.69 Å². The van der Waals surface area contributed by atoms with Gasteiger partial charge < -0.3 is 14.8 Å². The molecule has 0 unspecified atom stereocenters. The number of hydrogen-bond acceptors (Lipinski definition) is 5. The topological polar surface area (TPSA) is 91.6 Å². The third-order valence-electron chi connectivity index (χ3n) is 5.30. The predicted molar refractivity (Wildman–Crippen MR) is 131 cm³/mol. The number of anilines is 1. The van der Waals surface area contributed by atoms with Crippen LogP contribution in [0.25, 0.3) is 10.9 Å². The van der Waals surface area contributed by atoms with Gasteiger partial charge in [-0.3, -0.25) is 18.7 Å². The fourth-order valence-corrected chi connectivity index (χ4v) is 3.92. The van der Waals surface area contributed by atoms with E-state index in [2.05, 4.69) is 5.32 Å². The first kappa shape index (κ1) is 23.1. The number of hydrogen-bond donors (Lipinski definition) is 1. The highest BCUT2D eigenvalue weighted by atomic mass is 35.5. The number of rotatable bonds is 7. The number of fused-ring (bicyclic) bond motifs is 1. The molecule has 1 N–H and O–H groups in total. The van der Waals surface area contributed by atoms with Gasteiger partial charge in [0.25, 0.3) is 5.56 Å². The number of carbonyl (C=O) groups excluding carboxylic acids is 1. The fraction of sp³-hybridized carbons (Fsp3) is 0.160. The molecule has 0 fully saturated rings. The van der Waals surface area contributed by atoms with Gasteiger partial charge in [0, 0.05) is 28.9 Å². The van der Waals surface area contributed by atoms with E-state index in [0.717, 1.165) is 4.57 Å². The van der Waals surface area contributed by atoms with E-state index in [4.69, 9.17) is 21.1 Å². The summed E-state index contributed by atoms with van der Waals surface area (Å²) >= 11 is 6.06. The van der Waals surface area contributed by atoms with Crippen LogP contribution in [0.4, 0.5) is 5.69 Å². The average Bonchev–Trinajstić information content (AvgIpc) is 2.84. The van der Waals surface area contributed by atoms with Gasteiger partial charge in [0.1, 0.15) is 18.0 Å². The summed E-state index contributed by atoms with van der Waals surface area (Å²) < 4.78 is 12.9. The van der Waals surface area contributed by atoms with E-state index in [9.17, 15) is 14.4 Å². The average molecular weight is 480 g/mol. The Hall–Kier alpha value is -4.04. The molecule has 174 valence electrons. The summed E-state index contributed by atoms with van der Waals surface area (Å²) in [6.45, 7) is -0.271. The highest BCUT2D eigenvalue weighted by Gasteiger charge is 2.16. The van der Waals surface area contributed by atoms with Gasteiger partial charge in [-0.25, -0.2) is 4.79 Å². The quantitative estimate of drug-likeness (QED) is 0.438. The number of benzene rings is 3. The van der Waals surface area contributed by atoms with Crippen LogP contribution in [0.1, 0.15) is 5.56 Å². The van der Waals surface area contributed by atoms with E-state index in [1.165, 1.54) is 18.8 Å². The lowest BCUT2D eigenvalue weighted by molar-refractivity contribution is -0.116. The molecular formula is C25H22ClN3O5. The maximum absolute atomic E-state index is 13.4. The van der Waals surface area contributed by atoms with Crippen molar-refractivity contribution in [2.45, 2.75) is 13.1 Å². The maximum Gasteiger partial charge on any atom is 0.332 e. The molecule has 8 nitrogen and oxygen atoms in total. The van der Waals surface area contributed by atoms with Gasteiger partial charge in [0.2, 0.25) is 5.91 Å². The van der Waals surface area contributed by atoms with Crippen LogP contribution >= 0.6 is 11.6 Å². The second-order valence-electron chi connectivity index (χ2n) is 7.56. The van der Waals surface area contributed by atoms with Crippen LogP contribution in [0, 0.1) is 0 Å². The SMILES string of the molecule is COc1cc(NC(=O)Cn2c(=O)n(Cc3cccc(Cl)c3)c(=O)c3ccccc32)cc(OC)c1. The highest BCUT2D eigenvalue weighted by molar-refractivity contribution is 6.30. The minimum atomic E-state index is -0.595. The van der Waals surface area contributed by atoms with Crippen LogP contribution in [0.5, 0.6) is 11.5 Å². The number of methoxy groups -OCH3 is 2. The van der Waals surface area contributed by atoms with Crippen LogP contribution < -0.4 is 26.0 Å². The summed E-state index contributed by atoms with van der Waals surface area (Å²) in [7, 11) is 3.02. The molecule has 34 heavy (non-hydrogen) atoms. The number of para-hydroxylation sites is 1. The summed E-state index contributed by atoms with van der Waals surface area (Å²) in [6, 6.07) is 18.6. The monoisotopic (exact) mass is 479 g/mol. The molecule has 0 spiro atoms. The summed E-state index contributed by atoms with van der Waals surface area (Å²) in [5, 5.41) is 3.59. The minimum absolute atomic E-state index is 0.0256. The molecule has 0 radical (unpaired) electrons. The Morgan fingerprint density at radius 1 is 0.912 bits per heavy atom. The summed E-state index contributed by atoms with van der Waals surface area (Å²) in [4.78, 5) is 39.4. The van der Waals surface area contributed by atoms with Gasteiger partial charge in [0.05, 0.1) is 31.7 Å². The zero-order valence-corrected chi connectivity index (χ0v) is 19.3. The highest BCUT2D eigenvalue weighted by Crippen LogP contribution is 2.25. The third kappa shape index (κ3) is 4.82. The van der Waals surface area contributed by atoms with Crippen molar-refractivity contribution in [3.05, 3.63) is 98.2 Å². The number of nitrogens with one attached hydrogen (secondary N) is 1. The molecule has 0 saturated heterocycles. The molecule has 0 bridgehead atoms. The minimum Gasteiger partial charge on any atom is -0.497 e. The number of nitrogens with zero attached hydrogens (tertiary/aromatic N) is 2. The first-order chi connectivity index (χ1) is 16.4. The number of carbonyl (C=O) groups is 1. The van der Waals surface area contributed by atoms with Gasteiger partial charge in [-0.15, -0.1) is 0 Å². The lowest BCUT2D eigenvalue weighted by atomic mass is 10.2. The third-order valence-corrected chi connectivity index (χ3v) is 5.53. The van der Waals surface area contributed by atoms with Crippen LogP contribution in [0.3, 0.4) is 0 Å². The summed E-state index contributed by atoms with van der Waals surface area (Å²) in [6.07, 6.45) is 0. The molecule has 1 aromatic heterocycles. The van der Waals surface area contributed by atoms with E-state index in [0.29, 0.717) is 38.7 Å². The zero-order valence-electron chi connectivity index (χ0n) is 18.6.